The lowest BCUT2D eigenvalue weighted by Crippen LogP contribution is -2.50. The Labute approximate surface area is 129 Å². The molecule has 0 bridgehead atoms. The number of aryl methyl sites for hydroxylation is 2. The van der Waals surface area contributed by atoms with Gasteiger partial charge in [0.25, 0.3) is 0 Å². The van der Waals surface area contributed by atoms with Crippen molar-refractivity contribution in [2.75, 3.05) is 44.3 Å². The SMILES string of the molecule is Cc1nc(NC(=O)CN2CCN(S(C)(=O)=O)CC2)sc1C. The third-order valence-corrected chi connectivity index (χ3v) is 5.73. The molecule has 0 aliphatic carbocycles. The van der Waals surface area contributed by atoms with Gasteiger partial charge in [-0.25, -0.2) is 13.4 Å². The highest BCUT2D eigenvalue weighted by molar-refractivity contribution is 7.88. The van der Waals surface area contributed by atoms with E-state index in [1.807, 2.05) is 18.7 Å². The van der Waals surface area contributed by atoms with E-state index in [1.165, 1.54) is 21.9 Å². The molecule has 1 amide bonds. The van der Waals surface area contributed by atoms with Gasteiger partial charge < -0.3 is 5.32 Å². The summed E-state index contributed by atoms with van der Waals surface area (Å²) in [5, 5.41) is 3.40. The highest BCUT2D eigenvalue weighted by atomic mass is 32.2. The van der Waals surface area contributed by atoms with Crippen LogP contribution in [-0.2, 0) is 14.8 Å². The lowest BCUT2D eigenvalue weighted by Gasteiger charge is -2.32. The van der Waals surface area contributed by atoms with E-state index < -0.39 is 10.0 Å². The summed E-state index contributed by atoms with van der Waals surface area (Å²) in [6, 6.07) is 0. The predicted octanol–water partition coefficient (Wildman–Crippen LogP) is 0.276. The van der Waals surface area contributed by atoms with Crippen molar-refractivity contribution in [1.82, 2.24) is 14.2 Å². The zero-order valence-corrected chi connectivity index (χ0v) is 14.1. The van der Waals surface area contributed by atoms with Gasteiger partial charge >= 0.3 is 0 Å². The van der Waals surface area contributed by atoms with Crippen LogP contribution < -0.4 is 5.32 Å². The third-order valence-electron chi connectivity index (χ3n) is 3.44. The third kappa shape index (κ3) is 4.47. The van der Waals surface area contributed by atoms with E-state index in [9.17, 15) is 13.2 Å². The number of amides is 1. The number of carbonyl (C=O) groups is 1. The summed E-state index contributed by atoms with van der Waals surface area (Å²) in [6.07, 6.45) is 1.21. The first-order valence-corrected chi connectivity index (χ1v) is 9.33. The van der Waals surface area contributed by atoms with E-state index in [0.717, 1.165) is 10.6 Å². The molecule has 0 unspecified atom stereocenters. The van der Waals surface area contributed by atoms with Crippen molar-refractivity contribution >= 4 is 32.4 Å². The van der Waals surface area contributed by atoms with Crippen LogP contribution in [0.4, 0.5) is 5.13 Å². The number of nitrogens with one attached hydrogen (secondary N) is 1. The minimum atomic E-state index is -3.13. The Morgan fingerprint density at radius 2 is 1.90 bits per heavy atom. The highest BCUT2D eigenvalue weighted by Crippen LogP contribution is 2.20. The maximum Gasteiger partial charge on any atom is 0.240 e. The molecule has 0 aromatic carbocycles. The number of aromatic nitrogens is 1. The van der Waals surface area contributed by atoms with E-state index in [4.69, 9.17) is 0 Å². The van der Waals surface area contributed by atoms with E-state index in [0.29, 0.717) is 31.3 Å². The van der Waals surface area contributed by atoms with E-state index in [2.05, 4.69) is 10.3 Å². The Hall–Kier alpha value is -1.03. The largest absolute Gasteiger partial charge is 0.301 e. The Morgan fingerprint density at radius 3 is 2.38 bits per heavy atom. The lowest BCUT2D eigenvalue weighted by atomic mass is 10.3. The number of rotatable bonds is 4. The van der Waals surface area contributed by atoms with Crippen molar-refractivity contribution in [1.29, 1.82) is 0 Å². The lowest BCUT2D eigenvalue weighted by molar-refractivity contribution is -0.117. The van der Waals surface area contributed by atoms with Gasteiger partial charge in [0.2, 0.25) is 15.9 Å². The van der Waals surface area contributed by atoms with Gasteiger partial charge in [-0.1, -0.05) is 0 Å². The number of sulfonamides is 1. The summed E-state index contributed by atoms with van der Waals surface area (Å²) in [6.45, 7) is 6.13. The normalized spacial score (nSPS) is 17.9. The van der Waals surface area contributed by atoms with Crippen LogP contribution in [0.15, 0.2) is 0 Å². The summed E-state index contributed by atoms with van der Waals surface area (Å²) in [5.74, 6) is -0.114. The van der Waals surface area contributed by atoms with E-state index >= 15 is 0 Å². The minimum Gasteiger partial charge on any atom is -0.301 e. The Morgan fingerprint density at radius 1 is 1.29 bits per heavy atom. The fraction of sp³-hybridized carbons (Fsp3) is 0.667. The minimum absolute atomic E-state index is 0.114. The first-order valence-electron chi connectivity index (χ1n) is 6.67. The quantitative estimate of drug-likeness (QED) is 0.856. The van der Waals surface area contributed by atoms with Crippen molar-refractivity contribution in [2.45, 2.75) is 13.8 Å². The van der Waals surface area contributed by atoms with Gasteiger partial charge in [-0.15, -0.1) is 11.3 Å². The molecule has 1 aliphatic heterocycles. The molecule has 0 radical (unpaired) electrons. The molecule has 0 saturated carbocycles. The first-order chi connectivity index (χ1) is 9.75. The van der Waals surface area contributed by atoms with Crippen molar-refractivity contribution in [3.63, 3.8) is 0 Å². The number of thiazole rings is 1. The molecule has 21 heavy (non-hydrogen) atoms. The van der Waals surface area contributed by atoms with Gasteiger partial charge in [0.1, 0.15) is 0 Å². The zero-order valence-electron chi connectivity index (χ0n) is 12.4. The van der Waals surface area contributed by atoms with Crippen LogP contribution in [0.25, 0.3) is 0 Å². The monoisotopic (exact) mass is 332 g/mol. The van der Waals surface area contributed by atoms with Crippen LogP contribution in [0, 0.1) is 13.8 Å². The number of piperazine rings is 1. The summed E-state index contributed by atoms with van der Waals surface area (Å²) in [4.78, 5) is 19.3. The second-order valence-corrected chi connectivity index (χ2v) is 8.33. The average molecular weight is 332 g/mol. The molecule has 0 atom stereocenters. The molecule has 0 spiro atoms. The van der Waals surface area contributed by atoms with Crippen LogP contribution in [0.2, 0.25) is 0 Å². The second-order valence-electron chi connectivity index (χ2n) is 5.15. The van der Waals surface area contributed by atoms with E-state index in [-0.39, 0.29) is 12.5 Å². The number of anilines is 1. The van der Waals surface area contributed by atoms with Crippen molar-refractivity contribution in [3.05, 3.63) is 10.6 Å². The molecule has 1 aromatic heterocycles. The smallest absolute Gasteiger partial charge is 0.240 e. The van der Waals surface area contributed by atoms with Gasteiger partial charge in [0.15, 0.2) is 5.13 Å². The molecule has 2 heterocycles. The average Bonchev–Trinajstić information content (AvgIpc) is 2.67. The summed E-state index contributed by atoms with van der Waals surface area (Å²) >= 11 is 1.46. The number of carbonyl (C=O) groups excluding carboxylic acids is 1. The van der Waals surface area contributed by atoms with E-state index in [1.54, 1.807) is 0 Å². The Balaban J connectivity index is 1.82. The van der Waals surface area contributed by atoms with Crippen LogP contribution in [-0.4, -0.2) is 67.5 Å². The molecule has 1 aliphatic rings. The van der Waals surface area contributed by atoms with Gasteiger partial charge in [-0.3, -0.25) is 9.69 Å². The molecular weight excluding hydrogens is 312 g/mol. The first kappa shape index (κ1) is 16.3. The Bertz CT molecular complexity index is 599. The van der Waals surface area contributed by atoms with Crippen LogP contribution >= 0.6 is 11.3 Å². The maximum absolute atomic E-state index is 12.0. The van der Waals surface area contributed by atoms with Crippen LogP contribution in [0.5, 0.6) is 0 Å². The number of hydrogen-bond acceptors (Lipinski definition) is 6. The highest BCUT2D eigenvalue weighted by Gasteiger charge is 2.24. The van der Waals surface area contributed by atoms with Crippen molar-refractivity contribution < 1.29 is 13.2 Å². The second kappa shape index (κ2) is 6.39. The molecule has 7 nitrogen and oxygen atoms in total. The van der Waals surface area contributed by atoms with Crippen molar-refractivity contribution in [3.8, 4) is 0 Å². The summed E-state index contributed by atoms with van der Waals surface area (Å²) < 4.78 is 24.3. The van der Waals surface area contributed by atoms with Crippen molar-refractivity contribution in [2.24, 2.45) is 0 Å². The van der Waals surface area contributed by atoms with Crippen LogP contribution in [0.1, 0.15) is 10.6 Å². The molecule has 2 rings (SSSR count). The molecule has 118 valence electrons. The molecule has 1 aromatic rings. The Kier molecular flexibility index (Phi) is 4.97. The van der Waals surface area contributed by atoms with Gasteiger partial charge in [0, 0.05) is 31.1 Å². The van der Waals surface area contributed by atoms with Gasteiger partial charge in [-0.2, -0.15) is 4.31 Å². The predicted molar refractivity (Wildman–Crippen MR) is 83.1 cm³/mol. The number of hydrogen-bond donors (Lipinski definition) is 1. The summed E-state index contributed by atoms with van der Waals surface area (Å²) in [7, 11) is -3.13. The van der Waals surface area contributed by atoms with Gasteiger partial charge in [0.05, 0.1) is 18.5 Å². The standard InChI is InChI=1S/C12H20N4O3S2/c1-9-10(2)20-12(13-9)14-11(17)8-15-4-6-16(7-5-15)21(3,18)19/h4-8H2,1-3H3,(H,13,14,17). The fourth-order valence-corrected chi connectivity index (χ4v) is 3.76. The van der Waals surface area contributed by atoms with Crippen LogP contribution in [0.3, 0.4) is 0 Å². The molecule has 1 N–H and O–H groups in total. The molecule has 9 heteroatoms. The number of nitrogens with zero attached hydrogens (tertiary/aromatic N) is 3. The molecule has 1 fully saturated rings. The van der Waals surface area contributed by atoms with Gasteiger partial charge in [-0.05, 0) is 13.8 Å². The maximum atomic E-state index is 12.0. The summed E-state index contributed by atoms with van der Waals surface area (Å²) in [5.41, 5.74) is 0.928. The molecule has 1 saturated heterocycles. The fourth-order valence-electron chi connectivity index (χ4n) is 2.11. The topological polar surface area (TPSA) is 82.6 Å². The zero-order chi connectivity index (χ0) is 15.6. The molecular formula is C12H20N4O3S2.